The lowest BCUT2D eigenvalue weighted by Gasteiger charge is -2.14. The molecule has 0 aromatic carbocycles. The molecule has 3 N–H and O–H groups in total. The van der Waals surface area contributed by atoms with Crippen LogP contribution in [0.25, 0.3) is 0 Å². The monoisotopic (exact) mass is 185 g/mol. The van der Waals surface area contributed by atoms with Crippen molar-refractivity contribution in [3.8, 4) is 0 Å². The summed E-state index contributed by atoms with van der Waals surface area (Å²) in [5.41, 5.74) is 0. The summed E-state index contributed by atoms with van der Waals surface area (Å²) in [6.45, 7) is 0.806. The lowest BCUT2D eigenvalue weighted by molar-refractivity contribution is -0.140. The smallest absolute Gasteiger partial charge is 0.320 e. The molecule has 0 aromatic heterocycles. The standard InChI is InChI=1S/C8H16BNO3/c11-8(12)7-6(3-5-10-7)2-1-4-9-13/h6-7,9-10,13H,1-5H2,(H,11,12)/t6-,7-/m1/s1. The summed E-state index contributed by atoms with van der Waals surface area (Å²) in [6, 6.07) is -0.362. The molecule has 1 aliphatic rings. The average Bonchev–Trinajstić information content (AvgIpc) is 2.53. The molecule has 1 saturated heterocycles. The van der Waals surface area contributed by atoms with Gasteiger partial charge in [0, 0.05) is 0 Å². The molecule has 1 heterocycles. The molecular weight excluding hydrogens is 169 g/mol. The van der Waals surface area contributed by atoms with Crippen molar-refractivity contribution in [2.45, 2.75) is 31.6 Å². The zero-order valence-electron chi connectivity index (χ0n) is 7.70. The number of hydrogen-bond acceptors (Lipinski definition) is 3. The zero-order chi connectivity index (χ0) is 9.68. The van der Waals surface area contributed by atoms with Gasteiger partial charge in [-0.1, -0.05) is 12.7 Å². The Morgan fingerprint density at radius 1 is 1.62 bits per heavy atom. The van der Waals surface area contributed by atoms with Crippen molar-refractivity contribution in [1.82, 2.24) is 5.32 Å². The van der Waals surface area contributed by atoms with Crippen molar-refractivity contribution in [1.29, 1.82) is 0 Å². The maximum Gasteiger partial charge on any atom is 0.320 e. The normalized spacial score (nSPS) is 27.5. The lowest BCUT2D eigenvalue weighted by atomic mass is 9.87. The summed E-state index contributed by atoms with van der Waals surface area (Å²) in [5.74, 6) is -0.490. The van der Waals surface area contributed by atoms with E-state index in [1.165, 1.54) is 0 Å². The Bertz CT molecular complexity index is 177. The van der Waals surface area contributed by atoms with Crippen LogP contribution in [0.15, 0.2) is 0 Å². The molecule has 2 atom stereocenters. The summed E-state index contributed by atoms with van der Waals surface area (Å²) in [4.78, 5) is 10.7. The minimum absolute atomic E-state index is 0.206. The summed E-state index contributed by atoms with van der Waals surface area (Å²) in [7, 11) is 0.206. The first-order valence-electron chi connectivity index (χ1n) is 4.82. The molecule has 74 valence electrons. The zero-order valence-corrected chi connectivity index (χ0v) is 7.70. The van der Waals surface area contributed by atoms with Crippen LogP contribution in [0.2, 0.25) is 6.32 Å². The van der Waals surface area contributed by atoms with Crippen molar-refractivity contribution in [2.24, 2.45) is 5.92 Å². The van der Waals surface area contributed by atoms with Crippen LogP contribution in [-0.4, -0.2) is 36.2 Å². The Balaban J connectivity index is 2.27. The number of carboxylic acids is 1. The number of nitrogens with one attached hydrogen (secondary N) is 1. The molecule has 13 heavy (non-hydrogen) atoms. The fourth-order valence-electron chi connectivity index (χ4n) is 1.88. The Morgan fingerprint density at radius 2 is 2.38 bits per heavy atom. The molecule has 0 amide bonds. The Morgan fingerprint density at radius 3 is 3.00 bits per heavy atom. The quantitative estimate of drug-likeness (QED) is 0.402. The van der Waals surface area contributed by atoms with Gasteiger partial charge in [-0.15, -0.1) is 0 Å². The van der Waals surface area contributed by atoms with Crippen LogP contribution in [-0.2, 0) is 4.79 Å². The highest BCUT2D eigenvalue weighted by atomic mass is 16.4. The van der Waals surface area contributed by atoms with Gasteiger partial charge in [0.25, 0.3) is 7.48 Å². The highest BCUT2D eigenvalue weighted by molar-refractivity contribution is 6.25. The highest BCUT2D eigenvalue weighted by Gasteiger charge is 2.31. The van der Waals surface area contributed by atoms with Crippen LogP contribution in [0.4, 0.5) is 0 Å². The van der Waals surface area contributed by atoms with Gasteiger partial charge in [0.1, 0.15) is 6.04 Å². The minimum Gasteiger partial charge on any atom is -0.480 e. The van der Waals surface area contributed by atoms with Crippen molar-refractivity contribution >= 4 is 13.5 Å². The predicted octanol–water partition coefficient (Wildman–Crippen LogP) is -0.409. The third kappa shape index (κ3) is 3.01. The summed E-state index contributed by atoms with van der Waals surface area (Å²) >= 11 is 0. The first-order chi connectivity index (χ1) is 6.25. The van der Waals surface area contributed by atoms with Gasteiger partial charge in [-0.05, 0) is 25.3 Å². The topological polar surface area (TPSA) is 69.6 Å². The van der Waals surface area contributed by atoms with Gasteiger partial charge >= 0.3 is 5.97 Å². The van der Waals surface area contributed by atoms with Gasteiger partial charge in [0.2, 0.25) is 0 Å². The van der Waals surface area contributed by atoms with Crippen molar-refractivity contribution < 1.29 is 14.9 Å². The third-order valence-electron chi connectivity index (χ3n) is 2.60. The lowest BCUT2D eigenvalue weighted by Crippen LogP contribution is -2.35. The fraction of sp³-hybridized carbons (Fsp3) is 0.875. The molecule has 4 nitrogen and oxygen atoms in total. The van der Waals surface area contributed by atoms with Gasteiger partial charge in [0.15, 0.2) is 0 Å². The molecule has 1 aliphatic heterocycles. The maximum absolute atomic E-state index is 10.7. The van der Waals surface area contributed by atoms with Crippen molar-refractivity contribution in [2.75, 3.05) is 6.54 Å². The van der Waals surface area contributed by atoms with Gasteiger partial charge in [-0.3, -0.25) is 4.79 Å². The Kier molecular flexibility index (Phi) is 4.25. The molecule has 0 spiro atoms. The Labute approximate surface area is 78.6 Å². The second kappa shape index (κ2) is 5.24. The van der Waals surface area contributed by atoms with E-state index in [2.05, 4.69) is 5.32 Å². The molecule has 0 unspecified atom stereocenters. The maximum atomic E-state index is 10.7. The number of carboxylic acid groups (broad SMARTS) is 1. The van der Waals surface area contributed by atoms with E-state index in [9.17, 15) is 4.79 Å². The number of hydrogen-bond donors (Lipinski definition) is 3. The number of carbonyl (C=O) groups is 1. The largest absolute Gasteiger partial charge is 0.480 e. The fourth-order valence-corrected chi connectivity index (χ4v) is 1.88. The van der Waals surface area contributed by atoms with E-state index >= 15 is 0 Å². The highest BCUT2D eigenvalue weighted by Crippen LogP contribution is 2.21. The Hall–Kier alpha value is -0.545. The average molecular weight is 185 g/mol. The predicted molar refractivity (Wildman–Crippen MR) is 50.9 cm³/mol. The van der Waals surface area contributed by atoms with E-state index < -0.39 is 5.97 Å². The molecule has 0 aromatic rings. The summed E-state index contributed by atoms with van der Waals surface area (Å²) < 4.78 is 0. The molecule has 5 heteroatoms. The third-order valence-corrected chi connectivity index (χ3v) is 2.60. The number of aliphatic carboxylic acids is 1. The van der Waals surface area contributed by atoms with E-state index in [-0.39, 0.29) is 19.4 Å². The molecule has 1 rings (SSSR count). The van der Waals surface area contributed by atoms with E-state index in [1.807, 2.05) is 0 Å². The molecule has 0 aliphatic carbocycles. The van der Waals surface area contributed by atoms with Crippen LogP contribution < -0.4 is 5.32 Å². The summed E-state index contributed by atoms with van der Waals surface area (Å²) in [6.07, 6.45) is 3.56. The van der Waals surface area contributed by atoms with Gasteiger partial charge in [-0.2, -0.15) is 0 Å². The van der Waals surface area contributed by atoms with Crippen molar-refractivity contribution in [3.63, 3.8) is 0 Å². The van der Waals surface area contributed by atoms with Gasteiger partial charge in [0.05, 0.1) is 0 Å². The molecule has 1 fully saturated rings. The second-order valence-electron chi connectivity index (χ2n) is 3.54. The first kappa shape index (κ1) is 10.5. The molecule has 0 saturated carbocycles. The SMILES string of the molecule is O=C(O)[C@@H]1NCC[C@H]1CCCBO. The van der Waals surface area contributed by atoms with Crippen LogP contribution in [0.3, 0.4) is 0 Å². The minimum atomic E-state index is -0.744. The van der Waals surface area contributed by atoms with Gasteiger partial charge in [-0.25, -0.2) is 0 Å². The molecule has 0 bridgehead atoms. The van der Waals surface area contributed by atoms with E-state index in [4.69, 9.17) is 10.1 Å². The van der Waals surface area contributed by atoms with Crippen LogP contribution in [0, 0.1) is 5.92 Å². The van der Waals surface area contributed by atoms with E-state index in [0.29, 0.717) is 0 Å². The van der Waals surface area contributed by atoms with Gasteiger partial charge < -0.3 is 15.4 Å². The van der Waals surface area contributed by atoms with Crippen LogP contribution in [0.1, 0.15) is 19.3 Å². The van der Waals surface area contributed by atoms with Crippen LogP contribution in [0.5, 0.6) is 0 Å². The molecule has 0 radical (unpaired) electrons. The van der Waals surface area contributed by atoms with E-state index in [0.717, 1.165) is 32.1 Å². The van der Waals surface area contributed by atoms with Crippen molar-refractivity contribution in [3.05, 3.63) is 0 Å². The number of rotatable bonds is 5. The summed E-state index contributed by atoms with van der Waals surface area (Å²) in [5, 5.41) is 20.4. The molecular formula is C8H16BNO3. The second-order valence-corrected chi connectivity index (χ2v) is 3.54. The van der Waals surface area contributed by atoms with Crippen LogP contribution >= 0.6 is 0 Å². The van der Waals surface area contributed by atoms with E-state index in [1.54, 1.807) is 0 Å². The first-order valence-corrected chi connectivity index (χ1v) is 4.82.